The molecule has 0 N–H and O–H groups in total. The Bertz CT molecular complexity index is 335. The molecule has 84 valence electrons. The maximum absolute atomic E-state index is 11.7. The molecule has 0 saturated heterocycles. The van der Waals surface area contributed by atoms with Crippen LogP contribution in [0.25, 0.3) is 0 Å². The number of carbonyl (C=O) groups excluding carboxylic acids is 1. The molecule has 1 aromatic heterocycles. The summed E-state index contributed by atoms with van der Waals surface area (Å²) in [5.74, 6) is 0.643. The third-order valence-electron chi connectivity index (χ3n) is 2.03. The highest BCUT2D eigenvalue weighted by atomic mass is 79.9. The molecule has 0 bridgehead atoms. The molecule has 4 heteroatoms. The van der Waals surface area contributed by atoms with Crippen molar-refractivity contribution in [2.45, 2.75) is 26.8 Å². The van der Waals surface area contributed by atoms with Gasteiger partial charge in [0.1, 0.15) is 0 Å². The predicted molar refractivity (Wildman–Crippen MR) is 67.9 cm³/mol. The highest BCUT2D eigenvalue weighted by Crippen LogP contribution is 2.23. The summed E-state index contributed by atoms with van der Waals surface area (Å²) in [4.78, 5) is 14.7. The Balaban J connectivity index is 2.48. The highest BCUT2D eigenvalue weighted by Gasteiger charge is 2.11. The number of hydrogen-bond donors (Lipinski definition) is 0. The molecular weight excluding hydrogens is 274 g/mol. The van der Waals surface area contributed by atoms with E-state index in [9.17, 15) is 4.79 Å². The van der Waals surface area contributed by atoms with Gasteiger partial charge in [0.05, 0.1) is 10.3 Å². The topological polar surface area (TPSA) is 20.3 Å². The largest absolute Gasteiger partial charge is 0.341 e. The Kier molecular flexibility index (Phi) is 4.80. The van der Waals surface area contributed by atoms with Gasteiger partial charge >= 0.3 is 0 Å². The number of hydrogen-bond acceptors (Lipinski definition) is 2. The van der Waals surface area contributed by atoms with Crippen molar-refractivity contribution >= 4 is 33.2 Å². The zero-order valence-electron chi connectivity index (χ0n) is 9.29. The van der Waals surface area contributed by atoms with Crippen molar-refractivity contribution in [2.75, 3.05) is 7.05 Å². The van der Waals surface area contributed by atoms with Gasteiger partial charge < -0.3 is 4.90 Å². The van der Waals surface area contributed by atoms with Crippen LogP contribution in [0.15, 0.2) is 15.9 Å². The van der Waals surface area contributed by atoms with E-state index in [0.717, 1.165) is 3.79 Å². The minimum Gasteiger partial charge on any atom is -0.341 e. The molecule has 0 aliphatic carbocycles. The summed E-state index contributed by atoms with van der Waals surface area (Å²) in [7, 11) is 1.86. The summed E-state index contributed by atoms with van der Waals surface area (Å²) >= 11 is 5.09. The molecule has 0 aromatic carbocycles. The SMILES string of the molecule is CC(C)CC(=O)N(C)Cc1ccc(Br)s1. The fourth-order valence-corrected chi connectivity index (χ4v) is 2.80. The molecule has 2 nitrogen and oxygen atoms in total. The van der Waals surface area contributed by atoms with E-state index in [0.29, 0.717) is 18.9 Å². The fourth-order valence-electron chi connectivity index (χ4n) is 1.26. The Morgan fingerprint density at radius 2 is 2.20 bits per heavy atom. The van der Waals surface area contributed by atoms with Crippen LogP contribution >= 0.6 is 27.3 Å². The van der Waals surface area contributed by atoms with E-state index in [2.05, 4.69) is 29.8 Å². The molecule has 0 radical (unpaired) electrons. The summed E-state index contributed by atoms with van der Waals surface area (Å²) in [6.07, 6.45) is 0.628. The van der Waals surface area contributed by atoms with E-state index in [1.165, 1.54) is 4.88 Å². The smallest absolute Gasteiger partial charge is 0.222 e. The molecule has 1 rings (SSSR count). The van der Waals surface area contributed by atoms with Gasteiger partial charge in [0.25, 0.3) is 0 Å². The number of amides is 1. The first-order valence-corrected chi connectivity index (χ1v) is 6.58. The third-order valence-corrected chi connectivity index (χ3v) is 3.64. The van der Waals surface area contributed by atoms with Crippen molar-refractivity contribution in [2.24, 2.45) is 5.92 Å². The van der Waals surface area contributed by atoms with Crippen molar-refractivity contribution in [3.8, 4) is 0 Å². The summed E-state index contributed by atoms with van der Waals surface area (Å²) < 4.78 is 1.11. The van der Waals surface area contributed by atoms with Crippen LogP contribution in [0.4, 0.5) is 0 Å². The van der Waals surface area contributed by atoms with E-state index in [1.54, 1.807) is 16.2 Å². The molecule has 0 fully saturated rings. The average Bonchev–Trinajstić information content (AvgIpc) is 2.50. The Labute approximate surface area is 103 Å². The molecular formula is C11H16BrNOS. The van der Waals surface area contributed by atoms with Crippen LogP contribution in [-0.2, 0) is 11.3 Å². The molecule has 0 aliphatic heterocycles. The van der Waals surface area contributed by atoms with Crippen LogP contribution in [0.1, 0.15) is 25.1 Å². The quantitative estimate of drug-likeness (QED) is 0.831. The second-order valence-corrected chi connectivity index (χ2v) is 6.60. The Hall–Kier alpha value is -0.350. The molecule has 0 spiro atoms. The minimum atomic E-state index is 0.217. The molecule has 1 aromatic rings. The third kappa shape index (κ3) is 4.34. The lowest BCUT2D eigenvalue weighted by Gasteiger charge is -2.17. The second-order valence-electron chi connectivity index (χ2n) is 4.05. The van der Waals surface area contributed by atoms with E-state index in [-0.39, 0.29) is 5.91 Å². The van der Waals surface area contributed by atoms with Crippen molar-refractivity contribution < 1.29 is 4.79 Å². The van der Waals surface area contributed by atoms with E-state index < -0.39 is 0 Å². The predicted octanol–water partition coefficient (Wildman–Crippen LogP) is 3.52. The van der Waals surface area contributed by atoms with E-state index in [4.69, 9.17) is 0 Å². The molecule has 1 amide bonds. The normalized spacial score (nSPS) is 10.7. The lowest BCUT2D eigenvalue weighted by atomic mass is 10.1. The van der Waals surface area contributed by atoms with Gasteiger partial charge in [0.15, 0.2) is 0 Å². The number of rotatable bonds is 4. The van der Waals surface area contributed by atoms with Crippen molar-refractivity contribution in [3.05, 3.63) is 20.8 Å². The van der Waals surface area contributed by atoms with Crippen molar-refractivity contribution in [1.82, 2.24) is 4.90 Å². The van der Waals surface area contributed by atoms with Crippen LogP contribution in [0.2, 0.25) is 0 Å². The van der Waals surface area contributed by atoms with Gasteiger partial charge in [-0.2, -0.15) is 0 Å². The minimum absolute atomic E-state index is 0.217. The van der Waals surface area contributed by atoms with Crippen LogP contribution in [0.5, 0.6) is 0 Å². The lowest BCUT2D eigenvalue weighted by molar-refractivity contribution is -0.131. The van der Waals surface area contributed by atoms with Crippen LogP contribution in [0, 0.1) is 5.92 Å². The van der Waals surface area contributed by atoms with Crippen molar-refractivity contribution in [1.29, 1.82) is 0 Å². The zero-order chi connectivity index (χ0) is 11.4. The molecule has 0 atom stereocenters. The maximum Gasteiger partial charge on any atom is 0.222 e. The van der Waals surface area contributed by atoms with Crippen LogP contribution < -0.4 is 0 Å². The van der Waals surface area contributed by atoms with Gasteiger partial charge in [0.2, 0.25) is 5.91 Å². The Morgan fingerprint density at radius 3 is 2.67 bits per heavy atom. The summed E-state index contributed by atoms with van der Waals surface area (Å²) in [5.41, 5.74) is 0. The van der Waals surface area contributed by atoms with E-state index in [1.807, 2.05) is 19.2 Å². The lowest BCUT2D eigenvalue weighted by Crippen LogP contribution is -2.26. The van der Waals surface area contributed by atoms with Gasteiger partial charge in [-0.25, -0.2) is 0 Å². The monoisotopic (exact) mass is 289 g/mol. The van der Waals surface area contributed by atoms with Gasteiger partial charge in [0, 0.05) is 18.3 Å². The first kappa shape index (κ1) is 12.7. The molecule has 0 saturated carbocycles. The number of thiophene rings is 1. The van der Waals surface area contributed by atoms with Gasteiger partial charge in [-0.15, -0.1) is 11.3 Å². The average molecular weight is 290 g/mol. The number of carbonyl (C=O) groups is 1. The molecule has 0 aliphatic rings. The second kappa shape index (κ2) is 5.66. The first-order chi connectivity index (χ1) is 6.99. The number of nitrogens with zero attached hydrogens (tertiary/aromatic N) is 1. The van der Waals surface area contributed by atoms with Crippen LogP contribution in [-0.4, -0.2) is 17.9 Å². The number of halogens is 1. The van der Waals surface area contributed by atoms with Gasteiger partial charge in [-0.05, 0) is 34.0 Å². The molecule has 0 unspecified atom stereocenters. The summed E-state index contributed by atoms with van der Waals surface area (Å²) in [5, 5.41) is 0. The highest BCUT2D eigenvalue weighted by molar-refractivity contribution is 9.11. The van der Waals surface area contributed by atoms with Crippen molar-refractivity contribution in [3.63, 3.8) is 0 Å². The summed E-state index contributed by atoms with van der Waals surface area (Å²) in [6, 6.07) is 4.06. The zero-order valence-corrected chi connectivity index (χ0v) is 11.7. The Morgan fingerprint density at radius 1 is 1.53 bits per heavy atom. The standard InChI is InChI=1S/C11H16BrNOS/c1-8(2)6-11(14)13(3)7-9-4-5-10(12)15-9/h4-5,8H,6-7H2,1-3H3. The maximum atomic E-state index is 11.7. The van der Waals surface area contributed by atoms with Crippen LogP contribution in [0.3, 0.4) is 0 Å². The van der Waals surface area contributed by atoms with E-state index >= 15 is 0 Å². The first-order valence-electron chi connectivity index (χ1n) is 4.97. The summed E-state index contributed by atoms with van der Waals surface area (Å²) in [6.45, 7) is 4.84. The molecule has 1 heterocycles. The van der Waals surface area contributed by atoms with Gasteiger partial charge in [-0.3, -0.25) is 4.79 Å². The fraction of sp³-hybridized carbons (Fsp3) is 0.545. The van der Waals surface area contributed by atoms with Gasteiger partial charge in [-0.1, -0.05) is 13.8 Å². The molecule has 15 heavy (non-hydrogen) atoms.